The van der Waals surface area contributed by atoms with Crippen molar-refractivity contribution in [2.45, 2.75) is 66.5 Å². The van der Waals surface area contributed by atoms with Gasteiger partial charge in [-0.05, 0) is 45.2 Å². The summed E-state index contributed by atoms with van der Waals surface area (Å²) < 4.78 is 11.1. The number of hydrogen-bond donors (Lipinski definition) is 1. The second-order valence-corrected chi connectivity index (χ2v) is 7.29. The number of rotatable bonds is 9. The van der Waals surface area contributed by atoms with Gasteiger partial charge in [-0.3, -0.25) is 4.79 Å². The van der Waals surface area contributed by atoms with E-state index in [0.717, 1.165) is 29.9 Å². The number of carbonyl (C=O) groups excluding carboxylic acids is 1. The summed E-state index contributed by atoms with van der Waals surface area (Å²) in [5, 5.41) is 7.01. The van der Waals surface area contributed by atoms with Crippen LogP contribution in [0.1, 0.15) is 67.4 Å². The van der Waals surface area contributed by atoms with E-state index in [2.05, 4.69) is 24.3 Å². The van der Waals surface area contributed by atoms with E-state index in [9.17, 15) is 4.79 Å². The zero-order chi connectivity index (χ0) is 19.1. The number of hydrogen-bond acceptors (Lipinski definition) is 4. The van der Waals surface area contributed by atoms with Gasteiger partial charge in [-0.2, -0.15) is 0 Å². The highest BCUT2D eigenvalue weighted by molar-refractivity contribution is 5.97. The molecule has 1 atom stereocenters. The Labute approximate surface area is 156 Å². The molecular weight excluding hydrogens is 328 g/mol. The normalized spacial score (nSPS) is 12.2. The quantitative estimate of drug-likeness (QED) is 0.698. The van der Waals surface area contributed by atoms with E-state index in [1.165, 1.54) is 6.42 Å². The SMILES string of the molecule is Cc1noc(C)c1COc1ccccc1C(=O)N[C@H](C)CCCC(C)C. The van der Waals surface area contributed by atoms with E-state index >= 15 is 0 Å². The molecule has 1 aromatic heterocycles. The van der Waals surface area contributed by atoms with E-state index in [0.29, 0.717) is 23.8 Å². The summed E-state index contributed by atoms with van der Waals surface area (Å²) in [4.78, 5) is 12.6. The third-order valence-corrected chi connectivity index (χ3v) is 4.48. The first-order valence-corrected chi connectivity index (χ1v) is 9.33. The lowest BCUT2D eigenvalue weighted by Gasteiger charge is -2.16. The Bertz CT molecular complexity index is 702. The molecule has 142 valence electrons. The first kappa shape index (κ1) is 20.0. The Kier molecular flexibility index (Phi) is 7.25. The molecule has 5 heteroatoms. The van der Waals surface area contributed by atoms with E-state index in [4.69, 9.17) is 9.26 Å². The molecule has 0 saturated carbocycles. The second kappa shape index (κ2) is 9.41. The van der Waals surface area contributed by atoms with Crippen LogP contribution in [-0.2, 0) is 6.61 Å². The third kappa shape index (κ3) is 5.61. The summed E-state index contributed by atoms with van der Waals surface area (Å²) in [5.41, 5.74) is 2.28. The van der Waals surface area contributed by atoms with Crippen LogP contribution in [0.3, 0.4) is 0 Å². The van der Waals surface area contributed by atoms with Gasteiger partial charge in [-0.15, -0.1) is 0 Å². The first-order chi connectivity index (χ1) is 12.4. The van der Waals surface area contributed by atoms with Gasteiger partial charge in [-0.1, -0.05) is 44.0 Å². The van der Waals surface area contributed by atoms with Crippen LogP contribution in [-0.4, -0.2) is 17.1 Å². The molecule has 0 saturated heterocycles. The minimum Gasteiger partial charge on any atom is -0.488 e. The van der Waals surface area contributed by atoms with Crippen molar-refractivity contribution in [2.75, 3.05) is 0 Å². The summed E-state index contributed by atoms with van der Waals surface area (Å²) >= 11 is 0. The zero-order valence-corrected chi connectivity index (χ0v) is 16.5. The number of carbonyl (C=O) groups is 1. The maximum absolute atomic E-state index is 12.6. The number of ether oxygens (including phenoxy) is 1. The zero-order valence-electron chi connectivity index (χ0n) is 16.5. The fraction of sp³-hybridized carbons (Fsp3) is 0.524. The van der Waals surface area contributed by atoms with Crippen molar-refractivity contribution in [2.24, 2.45) is 5.92 Å². The molecule has 0 aliphatic heterocycles. The maximum atomic E-state index is 12.6. The van der Waals surface area contributed by atoms with Gasteiger partial charge < -0.3 is 14.6 Å². The minimum absolute atomic E-state index is 0.101. The molecule has 0 unspecified atom stereocenters. The number of nitrogens with zero attached hydrogens (tertiary/aromatic N) is 1. The van der Waals surface area contributed by atoms with Crippen LogP contribution in [0.15, 0.2) is 28.8 Å². The Morgan fingerprint density at radius 1 is 1.19 bits per heavy atom. The largest absolute Gasteiger partial charge is 0.488 e. The molecule has 0 aliphatic rings. The van der Waals surface area contributed by atoms with Gasteiger partial charge in [0.1, 0.15) is 18.1 Å². The van der Waals surface area contributed by atoms with Gasteiger partial charge in [0.25, 0.3) is 5.91 Å². The van der Waals surface area contributed by atoms with E-state index in [1.807, 2.05) is 39.0 Å². The molecule has 0 aliphatic carbocycles. The molecule has 1 aromatic carbocycles. The smallest absolute Gasteiger partial charge is 0.255 e. The van der Waals surface area contributed by atoms with Crippen molar-refractivity contribution in [1.82, 2.24) is 10.5 Å². The summed E-state index contributed by atoms with van der Waals surface area (Å²) in [7, 11) is 0. The molecule has 0 bridgehead atoms. The van der Waals surface area contributed by atoms with E-state index < -0.39 is 0 Å². The van der Waals surface area contributed by atoms with Gasteiger partial charge in [0, 0.05) is 6.04 Å². The molecular formula is C21H30N2O3. The Morgan fingerprint density at radius 3 is 2.58 bits per heavy atom. The molecule has 26 heavy (non-hydrogen) atoms. The van der Waals surface area contributed by atoms with Crippen LogP contribution in [0.2, 0.25) is 0 Å². The van der Waals surface area contributed by atoms with Gasteiger partial charge in [-0.25, -0.2) is 0 Å². The molecule has 2 rings (SSSR count). The summed E-state index contributed by atoms with van der Waals surface area (Å²) in [5.74, 6) is 1.90. The number of nitrogens with one attached hydrogen (secondary N) is 1. The Balaban J connectivity index is 1.98. The first-order valence-electron chi connectivity index (χ1n) is 9.33. The Hall–Kier alpha value is -2.30. The highest BCUT2D eigenvalue weighted by Crippen LogP contribution is 2.22. The van der Waals surface area contributed by atoms with Crippen molar-refractivity contribution in [3.8, 4) is 5.75 Å². The highest BCUT2D eigenvalue weighted by atomic mass is 16.5. The highest BCUT2D eigenvalue weighted by Gasteiger charge is 2.16. The van der Waals surface area contributed by atoms with Crippen LogP contribution in [0.5, 0.6) is 5.75 Å². The van der Waals surface area contributed by atoms with Crippen LogP contribution in [0.4, 0.5) is 0 Å². The number of amides is 1. The molecule has 0 fully saturated rings. The van der Waals surface area contributed by atoms with Crippen molar-refractivity contribution >= 4 is 5.91 Å². The predicted molar refractivity (Wildman–Crippen MR) is 102 cm³/mol. The number of aromatic nitrogens is 1. The van der Waals surface area contributed by atoms with Gasteiger partial charge in [0.05, 0.1) is 16.8 Å². The van der Waals surface area contributed by atoms with Crippen molar-refractivity contribution < 1.29 is 14.1 Å². The van der Waals surface area contributed by atoms with Crippen LogP contribution >= 0.6 is 0 Å². The van der Waals surface area contributed by atoms with Crippen molar-refractivity contribution in [1.29, 1.82) is 0 Å². The van der Waals surface area contributed by atoms with E-state index in [1.54, 1.807) is 6.07 Å². The average molecular weight is 358 g/mol. The fourth-order valence-electron chi connectivity index (χ4n) is 2.84. The standard InChI is InChI=1S/C21H30N2O3/c1-14(2)9-8-10-15(3)22-21(24)18-11-6-7-12-20(18)25-13-19-16(4)23-26-17(19)5/h6-7,11-12,14-15H,8-10,13H2,1-5H3,(H,22,24)/t15-/m1/s1. The van der Waals surface area contributed by atoms with Crippen molar-refractivity contribution in [3.05, 3.63) is 46.8 Å². The second-order valence-electron chi connectivity index (χ2n) is 7.29. The molecule has 1 amide bonds. The summed E-state index contributed by atoms with van der Waals surface area (Å²) in [6.45, 7) is 10.6. The maximum Gasteiger partial charge on any atom is 0.255 e. The lowest BCUT2D eigenvalue weighted by atomic mass is 10.0. The predicted octanol–water partition coefficient (Wildman–Crippen LogP) is 4.82. The lowest BCUT2D eigenvalue weighted by molar-refractivity contribution is 0.0933. The number of para-hydroxylation sites is 1. The number of aryl methyl sites for hydroxylation is 2. The van der Waals surface area contributed by atoms with Gasteiger partial charge in [0.15, 0.2) is 0 Å². The molecule has 1 heterocycles. The summed E-state index contributed by atoms with van der Waals surface area (Å²) in [6, 6.07) is 7.46. The monoisotopic (exact) mass is 358 g/mol. The van der Waals surface area contributed by atoms with E-state index in [-0.39, 0.29) is 11.9 Å². The molecule has 1 N–H and O–H groups in total. The average Bonchev–Trinajstić information content (AvgIpc) is 2.91. The molecule has 5 nitrogen and oxygen atoms in total. The van der Waals surface area contributed by atoms with Crippen molar-refractivity contribution in [3.63, 3.8) is 0 Å². The number of benzene rings is 1. The third-order valence-electron chi connectivity index (χ3n) is 4.48. The van der Waals surface area contributed by atoms with Crippen LogP contribution in [0, 0.1) is 19.8 Å². The summed E-state index contributed by atoms with van der Waals surface area (Å²) in [6.07, 6.45) is 3.27. The molecule has 0 spiro atoms. The fourth-order valence-corrected chi connectivity index (χ4v) is 2.84. The van der Waals surface area contributed by atoms with Crippen LogP contribution < -0.4 is 10.1 Å². The van der Waals surface area contributed by atoms with Gasteiger partial charge >= 0.3 is 0 Å². The van der Waals surface area contributed by atoms with Gasteiger partial charge in [0.2, 0.25) is 0 Å². The molecule has 2 aromatic rings. The molecule has 0 radical (unpaired) electrons. The topological polar surface area (TPSA) is 64.4 Å². The Morgan fingerprint density at radius 2 is 1.92 bits per heavy atom. The lowest BCUT2D eigenvalue weighted by Crippen LogP contribution is -2.32. The minimum atomic E-state index is -0.101. The van der Waals surface area contributed by atoms with Crippen LogP contribution in [0.25, 0.3) is 0 Å².